The molecule has 0 spiro atoms. The van der Waals surface area contributed by atoms with Crippen LogP contribution in [0.4, 0.5) is 0 Å². The Bertz CT molecular complexity index is 529. The predicted octanol–water partition coefficient (Wildman–Crippen LogP) is 2.33. The van der Waals surface area contributed by atoms with Crippen LogP contribution in [0, 0.1) is 11.3 Å². The Morgan fingerprint density at radius 2 is 2.00 bits per heavy atom. The highest BCUT2D eigenvalue weighted by molar-refractivity contribution is 5.65. The lowest BCUT2D eigenvalue weighted by molar-refractivity contribution is 0.473. The van der Waals surface area contributed by atoms with Crippen LogP contribution in [0.1, 0.15) is 5.56 Å². The molecule has 1 N–H and O–H groups in total. The smallest absolute Gasteiger partial charge is 0.134 e. The lowest BCUT2D eigenvalue weighted by Gasteiger charge is -2.01. The number of nitriles is 1. The van der Waals surface area contributed by atoms with Crippen molar-refractivity contribution < 1.29 is 5.11 Å². The largest absolute Gasteiger partial charge is 0.506 e. The topological polar surface area (TPSA) is 56.9 Å². The number of hydrogen-bond acceptors (Lipinski definition) is 3. The van der Waals surface area contributed by atoms with E-state index in [4.69, 9.17) is 5.26 Å². The molecule has 1 aromatic carbocycles. The molecule has 2 rings (SSSR count). The van der Waals surface area contributed by atoms with Crippen LogP contribution in [0.2, 0.25) is 0 Å². The summed E-state index contributed by atoms with van der Waals surface area (Å²) < 4.78 is 0. The Balaban J connectivity index is 2.50. The molecule has 3 heteroatoms. The first kappa shape index (κ1) is 9.22. The average molecular weight is 196 g/mol. The molecule has 0 fully saturated rings. The summed E-state index contributed by atoms with van der Waals surface area (Å²) in [7, 11) is 0. The van der Waals surface area contributed by atoms with E-state index in [1.165, 1.54) is 6.20 Å². The second-order valence-corrected chi connectivity index (χ2v) is 3.12. The second kappa shape index (κ2) is 3.81. The minimum absolute atomic E-state index is 0.120. The van der Waals surface area contributed by atoms with E-state index in [-0.39, 0.29) is 5.75 Å². The first-order valence-electron chi connectivity index (χ1n) is 4.44. The van der Waals surface area contributed by atoms with Crippen molar-refractivity contribution in [2.45, 2.75) is 0 Å². The zero-order valence-corrected chi connectivity index (χ0v) is 7.88. The van der Waals surface area contributed by atoms with Gasteiger partial charge in [-0.05, 0) is 23.8 Å². The van der Waals surface area contributed by atoms with Gasteiger partial charge in [-0.2, -0.15) is 5.26 Å². The summed E-state index contributed by atoms with van der Waals surface area (Å²) in [5.74, 6) is 0.120. The summed E-state index contributed by atoms with van der Waals surface area (Å²) >= 11 is 0. The number of nitrogens with zero attached hydrogens (tertiary/aromatic N) is 2. The van der Waals surface area contributed by atoms with E-state index >= 15 is 0 Å². The normalized spacial score (nSPS) is 9.53. The molecule has 72 valence electrons. The maximum Gasteiger partial charge on any atom is 0.134 e. The van der Waals surface area contributed by atoms with Gasteiger partial charge in [0, 0.05) is 11.8 Å². The van der Waals surface area contributed by atoms with Gasteiger partial charge in [0.2, 0.25) is 0 Å². The molecule has 0 amide bonds. The number of aromatic nitrogens is 1. The van der Waals surface area contributed by atoms with Crippen LogP contribution >= 0.6 is 0 Å². The quantitative estimate of drug-likeness (QED) is 0.761. The summed E-state index contributed by atoms with van der Waals surface area (Å²) in [6.07, 6.45) is 3.02. The van der Waals surface area contributed by atoms with E-state index < -0.39 is 0 Å². The average Bonchev–Trinajstić information content (AvgIpc) is 2.29. The fraction of sp³-hybridized carbons (Fsp3) is 0. The molecule has 0 aliphatic carbocycles. The van der Waals surface area contributed by atoms with Gasteiger partial charge in [0.25, 0.3) is 0 Å². The maximum absolute atomic E-state index is 9.27. The van der Waals surface area contributed by atoms with Crippen molar-refractivity contribution in [3.05, 3.63) is 48.3 Å². The van der Waals surface area contributed by atoms with Crippen molar-refractivity contribution in [2.75, 3.05) is 0 Å². The third kappa shape index (κ3) is 1.94. The van der Waals surface area contributed by atoms with E-state index in [2.05, 4.69) is 11.1 Å². The Morgan fingerprint density at radius 3 is 2.73 bits per heavy atom. The van der Waals surface area contributed by atoms with Crippen molar-refractivity contribution in [2.24, 2.45) is 0 Å². The van der Waals surface area contributed by atoms with E-state index in [1.807, 2.05) is 6.07 Å². The van der Waals surface area contributed by atoms with E-state index in [0.717, 1.165) is 11.1 Å². The summed E-state index contributed by atoms with van der Waals surface area (Å²) in [6.45, 7) is 0. The van der Waals surface area contributed by atoms with E-state index in [9.17, 15) is 5.11 Å². The van der Waals surface area contributed by atoms with Crippen molar-refractivity contribution in [3.8, 4) is 22.9 Å². The van der Waals surface area contributed by atoms with Gasteiger partial charge < -0.3 is 5.11 Å². The fourth-order valence-electron chi connectivity index (χ4n) is 1.35. The van der Waals surface area contributed by atoms with Gasteiger partial charge in [0.05, 0.1) is 17.8 Å². The van der Waals surface area contributed by atoms with Crippen molar-refractivity contribution >= 4 is 0 Å². The molecule has 0 bridgehead atoms. The van der Waals surface area contributed by atoms with Crippen LogP contribution in [0.5, 0.6) is 5.75 Å². The number of benzene rings is 1. The molecule has 0 atom stereocenters. The number of pyridine rings is 1. The van der Waals surface area contributed by atoms with Gasteiger partial charge in [-0.25, -0.2) is 0 Å². The van der Waals surface area contributed by atoms with Gasteiger partial charge in [0.1, 0.15) is 5.75 Å². The molecule has 3 nitrogen and oxygen atoms in total. The molecule has 2 aromatic rings. The maximum atomic E-state index is 9.27. The molecule has 0 saturated heterocycles. The highest BCUT2D eigenvalue weighted by atomic mass is 16.3. The molecule has 0 saturated carbocycles. The van der Waals surface area contributed by atoms with Gasteiger partial charge in [-0.3, -0.25) is 4.98 Å². The first-order chi connectivity index (χ1) is 7.29. The SMILES string of the molecule is N#Cc1cccc(-c2cncc(O)c2)c1. The first-order valence-corrected chi connectivity index (χ1v) is 4.44. The highest BCUT2D eigenvalue weighted by Gasteiger charge is 2.00. The molecule has 15 heavy (non-hydrogen) atoms. The summed E-state index contributed by atoms with van der Waals surface area (Å²) in [5, 5.41) is 18.0. The molecule has 1 heterocycles. The zero-order valence-electron chi connectivity index (χ0n) is 7.88. The zero-order chi connectivity index (χ0) is 10.7. The Kier molecular flexibility index (Phi) is 2.34. The Hall–Kier alpha value is -2.34. The Labute approximate surface area is 87.3 Å². The molecular formula is C12H8N2O. The fourth-order valence-corrected chi connectivity index (χ4v) is 1.35. The molecule has 0 aliphatic heterocycles. The summed E-state index contributed by atoms with van der Waals surface area (Å²) in [6, 6.07) is 10.9. The monoisotopic (exact) mass is 196 g/mol. The minimum atomic E-state index is 0.120. The van der Waals surface area contributed by atoms with Gasteiger partial charge in [-0.15, -0.1) is 0 Å². The lowest BCUT2D eigenvalue weighted by Crippen LogP contribution is -1.81. The van der Waals surface area contributed by atoms with Crippen LogP contribution in [-0.4, -0.2) is 10.1 Å². The molecular weight excluding hydrogens is 188 g/mol. The van der Waals surface area contributed by atoms with Crippen LogP contribution in [0.15, 0.2) is 42.7 Å². The van der Waals surface area contributed by atoms with Gasteiger partial charge in [-0.1, -0.05) is 12.1 Å². The minimum Gasteiger partial charge on any atom is -0.506 e. The summed E-state index contributed by atoms with van der Waals surface area (Å²) in [4.78, 5) is 3.88. The molecule has 0 aliphatic rings. The van der Waals surface area contributed by atoms with Crippen molar-refractivity contribution in [1.82, 2.24) is 4.98 Å². The predicted molar refractivity (Wildman–Crippen MR) is 56.1 cm³/mol. The summed E-state index contributed by atoms with van der Waals surface area (Å²) in [5.41, 5.74) is 2.26. The standard InChI is InChI=1S/C12H8N2O/c13-6-9-2-1-3-10(4-9)11-5-12(15)8-14-7-11/h1-5,7-8,15H. The van der Waals surface area contributed by atoms with E-state index in [1.54, 1.807) is 30.5 Å². The van der Waals surface area contributed by atoms with Crippen LogP contribution in [-0.2, 0) is 0 Å². The lowest BCUT2D eigenvalue weighted by atomic mass is 10.1. The van der Waals surface area contributed by atoms with Crippen molar-refractivity contribution in [3.63, 3.8) is 0 Å². The third-order valence-corrected chi connectivity index (χ3v) is 2.05. The second-order valence-electron chi connectivity index (χ2n) is 3.12. The van der Waals surface area contributed by atoms with E-state index in [0.29, 0.717) is 5.56 Å². The van der Waals surface area contributed by atoms with Crippen molar-refractivity contribution in [1.29, 1.82) is 5.26 Å². The van der Waals surface area contributed by atoms with Gasteiger partial charge in [0.15, 0.2) is 0 Å². The Morgan fingerprint density at radius 1 is 1.13 bits per heavy atom. The van der Waals surface area contributed by atoms with Crippen LogP contribution < -0.4 is 0 Å². The number of rotatable bonds is 1. The van der Waals surface area contributed by atoms with Crippen LogP contribution in [0.25, 0.3) is 11.1 Å². The van der Waals surface area contributed by atoms with Crippen LogP contribution in [0.3, 0.4) is 0 Å². The molecule has 1 aromatic heterocycles. The molecule has 0 unspecified atom stereocenters. The number of hydrogen-bond donors (Lipinski definition) is 1. The number of aromatic hydroxyl groups is 1. The third-order valence-electron chi connectivity index (χ3n) is 2.05. The van der Waals surface area contributed by atoms with Gasteiger partial charge >= 0.3 is 0 Å². The molecule has 0 radical (unpaired) electrons. The highest BCUT2D eigenvalue weighted by Crippen LogP contribution is 2.22.